The Hall–Kier alpha value is -1.44. The molecule has 1 amide bonds. The highest BCUT2D eigenvalue weighted by atomic mass is 79.9. The molecule has 0 radical (unpaired) electrons. The summed E-state index contributed by atoms with van der Waals surface area (Å²) in [5.74, 6) is -0.0113. The van der Waals surface area contributed by atoms with Crippen molar-refractivity contribution in [3.8, 4) is 0 Å². The summed E-state index contributed by atoms with van der Waals surface area (Å²) in [7, 11) is 0. The number of likely N-dealkylation sites (N-methyl/N-ethyl adjacent to an activating group) is 1. The van der Waals surface area contributed by atoms with E-state index in [1.54, 1.807) is 11.1 Å². The number of aromatic nitrogens is 1. The van der Waals surface area contributed by atoms with Crippen LogP contribution in [0.25, 0.3) is 6.08 Å². The summed E-state index contributed by atoms with van der Waals surface area (Å²) in [6.07, 6.45) is 3.60. The molecule has 0 spiro atoms. The van der Waals surface area contributed by atoms with Crippen molar-refractivity contribution in [3.05, 3.63) is 50.8 Å². The molecular formula is C15H12BrN3OS2. The van der Waals surface area contributed by atoms with Gasteiger partial charge in [-0.1, -0.05) is 28.1 Å². The van der Waals surface area contributed by atoms with E-state index in [4.69, 9.17) is 0 Å². The van der Waals surface area contributed by atoms with E-state index in [1.807, 2.05) is 42.6 Å². The quantitative estimate of drug-likeness (QED) is 0.719. The number of halogens is 1. The van der Waals surface area contributed by atoms with Crippen LogP contribution in [0.5, 0.6) is 0 Å². The maximum atomic E-state index is 12.5. The van der Waals surface area contributed by atoms with E-state index in [0.717, 1.165) is 10.0 Å². The topological polar surface area (TPSA) is 45.6 Å². The third kappa shape index (κ3) is 3.31. The fourth-order valence-corrected chi connectivity index (χ4v) is 3.99. The van der Waals surface area contributed by atoms with E-state index < -0.39 is 0 Å². The highest BCUT2D eigenvalue weighted by molar-refractivity contribution is 9.10. The van der Waals surface area contributed by atoms with E-state index >= 15 is 0 Å². The molecule has 4 nitrogen and oxygen atoms in total. The summed E-state index contributed by atoms with van der Waals surface area (Å²) in [5.41, 5.74) is 0.983. The monoisotopic (exact) mass is 393 g/mol. The molecule has 3 rings (SSSR count). The number of hydrogen-bond donors (Lipinski definition) is 0. The van der Waals surface area contributed by atoms with Crippen LogP contribution in [-0.2, 0) is 4.79 Å². The molecule has 112 valence electrons. The van der Waals surface area contributed by atoms with E-state index in [0.29, 0.717) is 21.7 Å². The zero-order valence-corrected chi connectivity index (χ0v) is 14.9. The van der Waals surface area contributed by atoms with E-state index in [1.165, 1.54) is 23.1 Å². The van der Waals surface area contributed by atoms with Crippen LogP contribution in [0.15, 0.2) is 50.2 Å². The van der Waals surface area contributed by atoms with E-state index in [2.05, 4.69) is 25.9 Å². The van der Waals surface area contributed by atoms with Gasteiger partial charge in [0.1, 0.15) is 0 Å². The standard InChI is InChI=1S/C15H12BrN3OS2/c1-2-19-13(20)12(9-10-4-3-5-11(16)8-10)22-15(19)18-14-17-6-7-21-14/h3-9H,2H2,1H3/b12-9-,18-15+. The molecular weight excluding hydrogens is 382 g/mol. The predicted octanol–water partition coefficient (Wildman–Crippen LogP) is 4.53. The van der Waals surface area contributed by atoms with Gasteiger partial charge in [0.15, 0.2) is 5.17 Å². The highest BCUT2D eigenvalue weighted by Crippen LogP contribution is 2.34. The summed E-state index contributed by atoms with van der Waals surface area (Å²) in [4.78, 5) is 23.5. The second-order valence-corrected chi connectivity index (χ2v) is 7.22. The summed E-state index contributed by atoms with van der Waals surface area (Å²) >= 11 is 6.29. The third-order valence-electron chi connectivity index (χ3n) is 2.96. The molecule has 0 bridgehead atoms. The molecule has 0 N–H and O–H groups in total. The Kier molecular flexibility index (Phi) is 4.75. The average molecular weight is 394 g/mol. The second kappa shape index (κ2) is 6.76. The highest BCUT2D eigenvalue weighted by Gasteiger charge is 2.32. The molecule has 2 aromatic rings. The molecule has 1 saturated heterocycles. The summed E-state index contributed by atoms with van der Waals surface area (Å²) in [6, 6.07) is 7.85. The first-order valence-corrected chi connectivity index (χ1v) is 9.11. The number of benzene rings is 1. The molecule has 1 aliphatic heterocycles. The number of carbonyl (C=O) groups excluding carboxylic acids is 1. The van der Waals surface area contributed by atoms with Crippen LogP contribution in [0.4, 0.5) is 5.13 Å². The van der Waals surface area contributed by atoms with Gasteiger partial charge in [-0.2, -0.15) is 4.99 Å². The SMILES string of the molecule is CCN1C(=O)/C(=C/c2cccc(Br)c2)S/C1=N/c1nccs1. The number of aliphatic imine (C=N–C) groups is 1. The van der Waals surface area contributed by atoms with Gasteiger partial charge in [0.2, 0.25) is 5.13 Å². The Labute approximate surface area is 145 Å². The van der Waals surface area contributed by atoms with Crippen LogP contribution < -0.4 is 0 Å². The maximum Gasteiger partial charge on any atom is 0.266 e. The van der Waals surface area contributed by atoms with Gasteiger partial charge in [-0.15, -0.1) is 11.3 Å². The van der Waals surface area contributed by atoms with Gasteiger partial charge in [0.25, 0.3) is 5.91 Å². The zero-order chi connectivity index (χ0) is 15.5. The number of thiazole rings is 1. The number of amides is 1. The van der Waals surface area contributed by atoms with Gasteiger partial charge in [-0.25, -0.2) is 4.98 Å². The van der Waals surface area contributed by atoms with Crippen molar-refractivity contribution in [1.29, 1.82) is 0 Å². The minimum Gasteiger partial charge on any atom is -0.287 e. The molecule has 1 fully saturated rings. The minimum atomic E-state index is -0.0113. The summed E-state index contributed by atoms with van der Waals surface area (Å²) < 4.78 is 0.987. The fraction of sp³-hybridized carbons (Fsp3) is 0.133. The molecule has 7 heteroatoms. The van der Waals surface area contributed by atoms with E-state index in [-0.39, 0.29) is 5.91 Å². The second-order valence-electron chi connectivity index (χ2n) is 4.42. The molecule has 1 aliphatic rings. The lowest BCUT2D eigenvalue weighted by Gasteiger charge is -2.11. The smallest absolute Gasteiger partial charge is 0.266 e. The molecule has 22 heavy (non-hydrogen) atoms. The van der Waals surface area contributed by atoms with Crippen molar-refractivity contribution in [2.45, 2.75) is 6.92 Å². The predicted molar refractivity (Wildman–Crippen MR) is 96.3 cm³/mol. The zero-order valence-electron chi connectivity index (χ0n) is 11.7. The lowest BCUT2D eigenvalue weighted by Crippen LogP contribution is -2.28. The van der Waals surface area contributed by atoms with Crippen LogP contribution in [0.2, 0.25) is 0 Å². The van der Waals surface area contributed by atoms with Crippen molar-refractivity contribution >= 4 is 61.3 Å². The van der Waals surface area contributed by atoms with Gasteiger partial charge in [-0.3, -0.25) is 9.69 Å². The molecule has 1 aromatic heterocycles. The van der Waals surface area contributed by atoms with Crippen LogP contribution in [0.3, 0.4) is 0 Å². The molecule has 2 heterocycles. The first kappa shape index (κ1) is 15.5. The van der Waals surface area contributed by atoms with Crippen molar-refractivity contribution in [2.24, 2.45) is 4.99 Å². The molecule has 0 unspecified atom stereocenters. The van der Waals surface area contributed by atoms with Gasteiger partial charge in [0.05, 0.1) is 4.91 Å². The Morgan fingerprint density at radius 3 is 3.00 bits per heavy atom. The van der Waals surface area contributed by atoms with Gasteiger partial charge in [-0.05, 0) is 42.5 Å². The molecule has 0 atom stereocenters. The number of carbonyl (C=O) groups is 1. The van der Waals surface area contributed by atoms with Gasteiger partial charge >= 0.3 is 0 Å². The minimum absolute atomic E-state index is 0.0113. The Balaban J connectivity index is 1.93. The Morgan fingerprint density at radius 1 is 1.45 bits per heavy atom. The number of amidine groups is 1. The van der Waals surface area contributed by atoms with Crippen molar-refractivity contribution in [2.75, 3.05) is 6.54 Å². The largest absolute Gasteiger partial charge is 0.287 e. The Bertz CT molecular complexity index is 756. The van der Waals surface area contributed by atoms with Crippen LogP contribution in [-0.4, -0.2) is 27.5 Å². The normalized spacial score (nSPS) is 18.6. The molecule has 0 saturated carbocycles. The molecule has 0 aliphatic carbocycles. The van der Waals surface area contributed by atoms with Crippen LogP contribution in [0.1, 0.15) is 12.5 Å². The van der Waals surface area contributed by atoms with Crippen LogP contribution >= 0.6 is 39.0 Å². The lowest BCUT2D eigenvalue weighted by atomic mass is 10.2. The Morgan fingerprint density at radius 2 is 2.32 bits per heavy atom. The van der Waals surface area contributed by atoms with Crippen LogP contribution in [0, 0.1) is 0 Å². The average Bonchev–Trinajstić information content (AvgIpc) is 3.09. The maximum absolute atomic E-state index is 12.5. The van der Waals surface area contributed by atoms with E-state index in [9.17, 15) is 4.79 Å². The van der Waals surface area contributed by atoms with Crippen molar-refractivity contribution < 1.29 is 4.79 Å². The lowest BCUT2D eigenvalue weighted by molar-refractivity contribution is -0.122. The summed E-state index contributed by atoms with van der Waals surface area (Å²) in [6.45, 7) is 2.53. The van der Waals surface area contributed by atoms with Gasteiger partial charge < -0.3 is 0 Å². The van der Waals surface area contributed by atoms with Crippen molar-refractivity contribution in [3.63, 3.8) is 0 Å². The third-order valence-corrected chi connectivity index (χ3v) is 5.13. The number of thioether (sulfide) groups is 1. The number of nitrogens with zero attached hydrogens (tertiary/aromatic N) is 3. The molecule has 1 aromatic carbocycles. The summed E-state index contributed by atoms with van der Waals surface area (Å²) in [5, 5.41) is 3.22. The number of hydrogen-bond acceptors (Lipinski definition) is 5. The first-order chi connectivity index (χ1) is 10.7. The van der Waals surface area contributed by atoms with Gasteiger partial charge in [0, 0.05) is 22.6 Å². The number of rotatable bonds is 3. The van der Waals surface area contributed by atoms with Crippen molar-refractivity contribution in [1.82, 2.24) is 9.88 Å². The fourth-order valence-electron chi connectivity index (χ4n) is 1.97. The first-order valence-electron chi connectivity index (χ1n) is 6.62.